The maximum Gasteiger partial charge on any atom is 0.238 e. The molecule has 3 rings (SSSR count). The average molecular weight is 331 g/mol. The molecule has 0 aliphatic carbocycles. The van der Waals surface area contributed by atoms with E-state index in [2.05, 4.69) is 10.6 Å². The molecule has 1 unspecified atom stereocenters. The van der Waals surface area contributed by atoms with Crippen LogP contribution < -0.4 is 20.1 Å². The lowest BCUT2D eigenvalue weighted by Crippen LogP contribution is -2.41. The van der Waals surface area contributed by atoms with Crippen LogP contribution in [-0.2, 0) is 11.3 Å². The molecule has 2 aliphatic heterocycles. The smallest absolute Gasteiger partial charge is 0.238 e. The molecule has 116 valence electrons. The first-order valence-corrected chi connectivity index (χ1v) is 7.96. The van der Waals surface area contributed by atoms with Crippen LogP contribution in [-0.4, -0.2) is 36.8 Å². The van der Waals surface area contributed by atoms with E-state index in [0.717, 1.165) is 35.1 Å². The molecule has 0 spiro atoms. The van der Waals surface area contributed by atoms with Crippen molar-refractivity contribution in [1.82, 2.24) is 10.6 Å². The van der Waals surface area contributed by atoms with E-state index in [1.165, 1.54) is 0 Å². The Morgan fingerprint density at radius 1 is 1.33 bits per heavy atom. The van der Waals surface area contributed by atoms with Crippen LogP contribution in [0.1, 0.15) is 12.0 Å². The predicted octanol–water partition coefficient (Wildman–Crippen LogP) is 1.55. The first-order chi connectivity index (χ1) is 9.83. The van der Waals surface area contributed by atoms with Crippen LogP contribution in [0.2, 0.25) is 0 Å². The molecule has 1 aromatic rings. The third-order valence-electron chi connectivity index (χ3n) is 3.31. The number of halogens is 1. The summed E-state index contributed by atoms with van der Waals surface area (Å²) in [4.78, 5) is 11.9. The van der Waals surface area contributed by atoms with Gasteiger partial charge in [-0.2, -0.15) is 0 Å². The summed E-state index contributed by atoms with van der Waals surface area (Å²) in [6, 6.07) is 5.74. The van der Waals surface area contributed by atoms with Crippen LogP contribution in [0.3, 0.4) is 0 Å². The topological polar surface area (TPSA) is 59.6 Å². The van der Waals surface area contributed by atoms with Crippen LogP contribution in [0.15, 0.2) is 18.2 Å². The predicted molar refractivity (Wildman–Crippen MR) is 85.4 cm³/mol. The molecule has 1 atom stereocenters. The minimum atomic E-state index is -0.0691. The fourth-order valence-electron chi connectivity index (χ4n) is 2.19. The van der Waals surface area contributed by atoms with E-state index in [-0.39, 0.29) is 24.4 Å². The quantitative estimate of drug-likeness (QED) is 0.880. The monoisotopic (exact) mass is 330 g/mol. The number of benzene rings is 1. The van der Waals surface area contributed by atoms with Crippen molar-refractivity contribution in [2.45, 2.75) is 19.0 Å². The van der Waals surface area contributed by atoms with E-state index in [0.29, 0.717) is 19.8 Å². The summed E-state index contributed by atoms with van der Waals surface area (Å²) in [5.74, 6) is 3.30. The highest BCUT2D eigenvalue weighted by atomic mass is 35.5. The summed E-state index contributed by atoms with van der Waals surface area (Å²) in [5, 5.41) is 6.11. The van der Waals surface area contributed by atoms with Gasteiger partial charge in [0.05, 0.1) is 19.3 Å². The second kappa shape index (κ2) is 7.77. The molecule has 7 heteroatoms. The van der Waals surface area contributed by atoms with Crippen molar-refractivity contribution in [1.29, 1.82) is 0 Å². The summed E-state index contributed by atoms with van der Waals surface area (Å²) >= 11 is 1.74. The van der Waals surface area contributed by atoms with Crippen LogP contribution in [0.4, 0.5) is 0 Å². The zero-order chi connectivity index (χ0) is 13.8. The summed E-state index contributed by atoms with van der Waals surface area (Å²) in [6.07, 6.45) is 0.895. The van der Waals surface area contributed by atoms with Crippen molar-refractivity contribution < 1.29 is 14.3 Å². The number of carbonyl (C=O) groups is 1. The van der Waals surface area contributed by atoms with E-state index in [4.69, 9.17) is 9.47 Å². The minimum Gasteiger partial charge on any atom is -0.490 e. The van der Waals surface area contributed by atoms with Crippen molar-refractivity contribution in [3.63, 3.8) is 0 Å². The number of carbonyl (C=O) groups excluding carboxylic acids is 1. The molecule has 21 heavy (non-hydrogen) atoms. The molecule has 0 aromatic heterocycles. The summed E-state index contributed by atoms with van der Waals surface area (Å²) in [6.45, 7) is 1.87. The number of amides is 1. The standard InChI is InChI=1S/C14H18N2O3S.ClH/c17-14(11-8-20-9-16-11)15-7-10-2-3-12-13(6-10)19-5-1-4-18-12;/h2-3,6,11,16H,1,4-5,7-9H2,(H,15,17);1H. The maximum absolute atomic E-state index is 11.9. The number of ether oxygens (including phenoxy) is 2. The van der Waals surface area contributed by atoms with Crippen molar-refractivity contribution in [3.8, 4) is 11.5 Å². The number of rotatable bonds is 3. The van der Waals surface area contributed by atoms with Gasteiger partial charge in [0, 0.05) is 24.6 Å². The number of fused-ring (bicyclic) bond motifs is 1. The fourth-order valence-corrected chi connectivity index (χ4v) is 3.14. The summed E-state index contributed by atoms with van der Waals surface area (Å²) in [5.41, 5.74) is 1.02. The molecule has 2 aliphatic rings. The SMILES string of the molecule is Cl.O=C(NCc1ccc2c(c1)OCCCO2)C1CSCN1. The van der Waals surface area contributed by atoms with Gasteiger partial charge >= 0.3 is 0 Å². The fraction of sp³-hybridized carbons (Fsp3) is 0.500. The van der Waals surface area contributed by atoms with E-state index >= 15 is 0 Å². The maximum atomic E-state index is 11.9. The summed E-state index contributed by atoms with van der Waals surface area (Å²) < 4.78 is 11.2. The molecule has 0 saturated carbocycles. The van der Waals surface area contributed by atoms with Gasteiger partial charge in [0.1, 0.15) is 0 Å². The van der Waals surface area contributed by atoms with Crippen LogP contribution in [0, 0.1) is 0 Å². The Morgan fingerprint density at radius 2 is 2.14 bits per heavy atom. The molecule has 1 fully saturated rings. The molecule has 1 saturated heterocycles. The number of thioether (sulfide) groups is 1. The van der Waals surface area contributed by atoms with Gasteiger partial charge in [-0.3, -0.25) is 10.1 Å². The van der Waals surface area contributed by atoms with Crippen molar-refractivity contribution in [2.24, 2.45) is 0 Å². The van der Waals surface area contributed by atoms with Gasteiger partial charge < -0.3 is 14.8 Å². The van der Waals surface area contributed by atoms with Gasteiger partial charge in [0.15, 0.2) is 11.5 Å². The number of nitrogens with one attached hydrogen (secondary N) is 2. The van der Waals surface area contributed by atoms with Gasteiger partial charge in [0.2, 0.25) is 5.91 Å². The van der Waals surface area contributed by atoms with Crippen molar-refractivity contribution in [3.05, 3.63) is 23.8 Å². The zero-order valence-corrected chi connectivity index (χ0v) is 13.2. The first kappa shape index (κ1) is 16.3. The highest BCUT2D eigenvalue weighted by Crippen LogP contribution is 2.30. The highest BCUT2D eigenvalue weighted by Gasteiger charge is 2.22. The Kier molecular flexibility index (Phi) is 6.02. The Morgan fingerprint density at radius 3 is 2.90 bits per heavy atom. The van der Waals surface area contributed by atoms with Crippen molar-refractivity contribution in [2.75, 3.05) is 24.8 Å². The van der Waals surface area contributed by atoms with Crippen LogP contribution in [0.25, 0.3) is 0 Å². The third-order valence-corrected chi connectivity index (χ3v) is 4.25. The van der Waals surface area contributed by atoms with Gasteiger partial charge in [-0.15, -0.1) is 24.2 Å². The molecular weight excluding hydrogens is 312 g/mol. The molecule has 5 nitrogen and oxygen atoms in total. The Hall–Kier alpha value is -1.11. The third kappa shape index (κ3) is 4.18. The van der Waals surface area contributed by atoms with Gasteiger partial charge in [-0.1, -0.05) is 6.07 Å². The largest absolute Gasteiger partial charge is 0.490 e. The molecule has 0 radical (unpaired) electrons. The van der Waals surface area contributed by atoms with Crippen molar-refractivity contribution >= 4 is 30.1 Å². The zero-order valence-electron chi connectivity index (χ0n) is 11.6. The lowest BCUT2D eigenvalue weighted by atomic mass is 10.2. The molecule has 1 amide bonds. The normalized spacial score (nSPS) is 20.3. The van der Waals surface area contributed by atoms with Gasteiger partial charge in [0.25, 0.3) is 0 Å². The van der Waals surface area contributed by atoms with Crippen LogP contribution in [0.5, 0.6) is 11.5 Å². The molecule has 0 bridgehead atoms. The number of hydrogen-bond donors (Lipinski definition) is 2. The molecule has 1 aromatic carbocycles. The van der Waals surface area contributed by atoms with E-state index < -0.39 is 0 Å². The molecular formula is C14H19ClN2O3S. The number of hydrogen-bond acceptors (Lipinski definition) is 5. The average Bonchev–Trinajstić information content (AvgIpc) is 2.90. The second-order valence-corrected chi connectivity index (χ2v) is 5.85. The van der Waals surface area contributed by atoms with E-state index in [1.54, 1.807) is 11.8 Å². The van der Waals surface area contributed by atoms with Crippen LogP contribution >= 0.6 is 24.2 Å². The lowest BCUT2D eigenvalue weighted by molar-refractivity contribution is -0.122. The highest BCUT2D eigenvalue weighted by molar-refractivity contribution is 7.99. The Balaban J connectivity index is 0.00000161. The minimum absolute atomic E-state index is 0. The van der Waals surface area contributed by atoms with Gasteiger partial charge in [-0.05, 0) is 17.7 Å². The Bertz CT molecular complexity index is 495. The van der Waals surface area contributed by atoms with Gasteiger partial charge in [-0.25, -0.2) is 0 Å². The molecule has 2 heterocycles. The van der Waals surface area contributed by atoms with E-state index in [1.807, 2.05) is 18.2 Å². The second-order valence-electron chi connectivity index (χ2n) is 4.82. The lowest BCUT2D eigenvalue weighted by Gasteiger charge is -2.12. The Labute approximate surface area is 134 Å². The summed E-state index contributed by atoms with van der Waals surface area (Å²) in [7, 11) is 0. The van der Waals surface area contributed by atoms with E-state index in [9.17, 15) is 4.79 Å². The molecule has 2 N–H and O–H groups in total. The first-order valence-electron chi connectivity index (χ1n) is 6.80.